The van der Waals surface area contributed by atoms with Gasteiger partial charge in [0.2, 0.25) is 0 Å². The lowest BCUT2D eigenvalue weighted by Gasteiger charge is -2.07. The molecule has 0 radical (unpaired) electrons. The number of hydrogen-bond acceptors (Lipinski definition) is 5. The van der Waals surface area contributed by atoms with Gasteiger partial charge in [-0.2, -0.15) is 28.5 Å². The van der Waals surface area contributed by atoms with E-state index in [9.17, 15) is 22.8 Å². The standard InChI is InChI=1S/C16H17F3N8O2/c1-25-8-9(6-21-25)5-20-15(29)13-11(7-22-27(13)3)23-14(28)10-4-12(16(17,18)19)26(2)24-10/h4,6-8H,5H2,1-3H3,(H,20,29)(H,23,28). The van der Waals surface area contributed by atoms with E-state index in [2.05, 4.69) is 25.9 Å². The van der Waals surface area contributed by atoms with Gasteiger partial charge in [0.1, 0.15) is 11.4 Å². The van der Waals surface area contributed by atoms with Crippen molar-refractivity contribution in [3.63, 3.8) is 0 Å². The molecule has 0 saturated heterocycles. The van der Waals surface area contributed by atoms with Crippen LogP contribution in [0.5, 0.6) is 0 Å². The zero-order valence-corrected chi connectivity index (χ0v) is 15.7. The number of aryl methyl sites for hydroxylation is 3. The lowest BCUT2D eigenvalue weighted by Crippen LogP contribution is -2.26. The first kappa shape index (κ1) is 20.1. The quantitative estimate of drug-likeness (QED) is 0.654. The highest BCUT2D eigenvalue weighted by Gasteiger charge is 2.36. The second-order valence-electron chi connectivity index (χ2n) is 6.23. The molecule has 29 heavy (non-hydrogen) atoms. The van der Waals surface area contributed by atoms with Crippen LogP contribution in [-0.4, -0.2) is 41.2 Å². The molecule has 3 heterocycles. The fraction of sp³-hybridized carbons (Fsp3) is 0.312. The molecule has 0 aromatic carbocycles. The first-order valence-corrected chi connectivity index (χ1v) is 8.26. The fourth-order valence-electron chi connectivity index (χ4n) is 2.66. The van der Waals surface area contributed by atoms with Gasteiger partial charge in [0.05, 0.1) is 18.1 Å². The summed E-state index contributed by atoms with van der Waals surface area (Å²) in [4.78, 5) is 24.9. The van der Waals surface area contributed by atoms with Crippen LogP contribution in [-0.2, 0) is 33.9 Å². The number of nitrogens with zero attached hydrogens (tertiary/aromatic N) is 6. The highest BCUT2D eigenvalue weighted by molar-refractivity contribution is 6.07. The van der Waals surface area contributed by atoms with Gasteiger partial charge in [-0.25, -0.2) is 0 Å². The molecule has 10 nitrogen and oxygen atoms in total. The molecule has 0 bridgehead atoms. The van der Waals surface area contributed by atoms with Gasteiger partial charge in [0.25, 0.3) is 11.8 Å². The molecule has 0 unspecified atom stereocenters. The van der Waals surface area contributed by atoms with Crippen LogP contribution in [0.1, 0.15) is 32.2 Å². The van der Waals surface area contributed by atoms with E-state index in [1.807, 2.05) is 0 Å². The number of hydrogen-bond donors (Lipinski definition) is 2. The summed E-state index contributed by atoms with van der Waals surface area (Å²) in [5.74, 6) is -1.42. The normalized spacial score (nSPS) is 11.5. The minimum absolute atomic E-state index is 0.0363. The fourth-order valence-corrected chi connectivity index (χ4v) is 2.66. The third kappa shape index (κ3) is 4.28. The molecule has 3 aromatic rings. The number of nitrogens with one attached hydrogen (secondary N) is 2. The summed E-state index contributed by atoms with van der Waals surface area (Å²) in [5.41, 5.74) is -0.662. The molecule has 2 amide bonds. The Morgan fingerprint density at radius 2 is 1.79 bits per heavy atom. The Kier molecular flexibility index (Phi) is 5.14. The molecule has 0 spiro atoms. The van der Waals surface area contributed by atoms with Gasteiger partial charge in [0.15, 0.2) is 5.69 Å². The predicted octanol–water partition coefficient (Wildman–Crippen LogP) is 1.09. The van der Waals surface area contributed by atoms with Crippen molar-refractivity contribution >= 4 is 17.5 Å². The molecule has 3 aromatic heterocycles. The number of rotatable bonds is 5. The Morgan fingerprint density at radius 3 is 2.38 bits per heavy atom. The molecule has 0 aliphatic heterocycles. The van der Waals surface area contributed by atoms with Crippen molar-refractivity contribution in [3.05, 3.63) is 47.3 Å². The van der Waals surface area contributed by atoms with Gasteiger partial charge in [-0.1, -0.05) is 0 Å². The van der Waals surface area contributed by atoms with Crippen LogP contribution < -0.4 is 10.6 Å². The molecular formula is C16H17F3N8O2. The van der Waals surface area contributed by atoms with E-state index < -0.39 is 29.4 Å². The Hall–Kier alpha value is -3.64. The van der Waals surface area contributed by atoms with E-state index in [1.165, 1.54) is 17.9 Å². The van der Waals surface area contributed by atoms with E-state index in [4.69, 9.17) is 0 Å². The maximum Gasteiger partial charge on any atom is 0.433 e. The van der Waals surface area contributed by atoms with E-state index in [-0.39, 0.29) is 17.9 Å². The van der Waals surface area contributed by atoms with Crippen molar-refractivity contribution in [3.8, 4) is 0 Å². The first-order chi connectivity index (χ1) is 13.6. The number of carbonyl (C=O) groups is 2. The molecule has 0 fully saturated rings. The second kappa shape index (κ2) is 7.41. The summed E-state index contributed by atoms with van der Waals surface area (Å²) in [6, 6.07) is 0.633. The summed E-state index contributed by atoms with van der Waals surface area (Å²) < 4.78 is 42.1. The molecular weight excluding hydrogens is 393 g/mol. The average Bonchev–Trinajstić information content (AvgIpc) is 3.31. The highest BCUT2D eigenvalue weighted by Crippen LogP contribution is 2.29. The van der Waals surface area contributed by atoms with Gasteiger partial charge in [-0.15, -0.1) is 0 Å². The zero-order valence-electron chi connectivity index (χ0n) is 15.7. The predicted molar refractivity (Wildman–Crippen MR) is 93.7 cm³/mol. The highest BCUT2D eigenvalue weighted by atomic mass is 19.4. The van der Waals surface area contributed by atoms with Gasteiger partial charge in [0, 0.05) is 45.5 Å². The number of alkyl halides is 3. The Morgan fingerprint density at radius 1 is 1.07 bits per heavy atom. The summed E-state index contributed by atoms with van der Waals surface area (Å²) in [6.45, 7) is 0.195. The zero-order chi connectivity index (χ0) is 21.3. The van der Waals surface area contributed by atoms with E-state index in [0.717, 1.165) is 12.6 Å². The monoisotopic (exact) mass is 410 g/mol. The Labute approximate surface area is 162 Å². The summed E-state index contributed by atoms with van der Waals surface area (Å²) in [6.07, 6.45) is -0.104. The van der Waals surface area contributed by atoms with Crippen LogP contribution in [0, 0.1) is 0 Å². The topological polar surface area (TPSA) is 112 Å². The van der Waals surface area contributed by atoms with Gasteiger partial charge in [-0.3, -0.25) is 23.6 Å². The maximum atomic E-state index is 12.9. The van der Waals surface area contributed by atoms with E-state index in [1.54, 1.807) is 24.1 Å². The van der Waals surface area contributed by atoms with Crippen molar-refractivity contribution in [2.24, 2.45) is 21.1 Å². The summed E-state index contributed by atoms with van der Waals surface area (Å²) in [7, 11) is 4.32. The van der Waals surface area contributed by atoms with Crippen molar-refractivity contribution < 1.29 is 22.8 Å². The van der Waals surface area contributed by atoms with Crippen molar-refractivity contribution in [2.45, 2.75) is 12.7 Å². The third-order valence-electron chi connectivity index (χ3n) is 4.02. The molecule has 0 aliphatic carbocycles. The third-order valence-corrected chi connectivity index (χ3v) is 4.02. The molecule has 0 aliphatic rings. The minimum atomic E-state index is -4.65. The molecule has 154 valence electrons. The number of halogens is 3. The van der Waals surface area contributed by atoms with Gasteiger partial charge >= 0.3 is 6.18 Å². The number of anilines is 1. The van der Waals surface area contributed by atoms with E-state index in [0.29, 0.717) is 10.7 Å². The van der Waals surface area contributed by atoms with Crippen molar-refractivity contribution in [1.29, 1.82) is 0 Å². The minimum Gasteiger partial charge on any atom is -0.346 e. The SMILES string of the molecule is Cn1cc(CNC(=O)c2c(NC(=O)c3cc(C(F)(F)F)n(C)n3)cnn2C)cn1. The molecule has 3 rings (SSSR count). The number of carbonyl (C=O) groups excluding carboxylic acids is 2. The molecule has 0 atom stereocenters. The van der Waals surface area contributed by atoms with Crippen LogP contribution in [0.4, 0.5) is 18.9 Å². The van der Waals surface area contributed by atoms with Crippen LogP contribution in [0.25, 0.3) is 0 Å². The Balaban J connectivity index is 1.75. The van der Waals surface area contributed by atoms with E-state index >= 15 is 0 Å². The first-order valence-electron chi connectivity index (χ1n) is 8.26. The lowest BCUT2D eigenvalue weighted by atomic mass is 10.3. The molecule has 2 N–H and O–H groups in total. The molecule has 0 saturated carbocycles. The summed E-state index contributed by atoms with van der Waals surface area (Å²) >= 11 is 0. The smallest absolute Gasteiger partial charge is 0.346 e. The maximum absolute atomic E-state index is 12.9. The number of amides is 2. The van der Waals surface area contributed by atoms with Crippen LogP contribution in [0.3, 0.4) is 0 Å². The Bertz CT molecular complexity index is 1060. The average molecular weight is 410 g/mol. The van der Waals surface area contributed by atoms with Crippen molar-refractivity contribution in [1.82, 2.24) is 34.7 Å². The van der Waals surface area contributed by atoms with Gasteiger partial charge < -0.3 is 10.6 Å². The summed E-state index contributed by atoms with van der Waals surface area (Å²) in [5, 5.41) is 16.5. The largest absolute Gasteiger partial charge is 0.433 e. The lowest BCUT2D eigenvalue weighted by molar-refractivity contribution is -0.143. The van der Waals surface area contributed by atoms with Gasteiger partial charge in [-0.05, 0) is 0 Å². The molecule has 13 heteroatoms. The second-order valence-corrected chi connectivity index (χ2v) is 6.23. The van der Waals surface area contributed by atoms with Crippen molar-refractivity contribution in [2.75, 3.05) is 5.32 Å². The van der Waals surface area contributed by atoms with Crippen LogP contribution in [0.15, 0.2) is 24.7 Å². The van der Waals surface area contributed by atoms with Crippen LogP contribution in [0.2, 0.25) is 0 Å². The number of aromatic nitrogens is 6. The van der Waals surface area contributed by atoms with Crippen LogP contribution >= 0.6 is 0 Å².